The topological polar surface area (TPSA) is 52.6 Å². The van der Waals surface area contributed by atoms with Crippen molar-refractivity contribution < 1.29 is 9.47 Å². The SMILES string of the molecule is CCNC(=NCCN(C)CCOC)N1CCN(c2ccc(OC)cc2)CC1.I. The van der Waals surface area contributed by atoms with Gasteiger partial charge in [-0.3, -0.25) is 4.99 Å². The van der Waals surface area contributed by atoms with E-state index >= 15 is 0 Å². The Morgan fingerprint density at radius 2 is 1.79 bits per heavy atom. The van der Waals surface area contributed by atoms with Crippen molar-refractivity contribution in [1.82, 2.24) is 15.1 Å². The molecular formula is C20H36IN5O2. The Kier molecular flexibility index (Phi) is 12.2. The van der Waals surface area contributed by atoms with E-state index in [1.807, 2.05) is 12.1 Å². The first-order valence-corrected chi connectivity index (χ1v) is 9.77. The number of guanidine groups is 1. The summed E-state index contributed by atoms with van der Waals surface area (Å²) < 4.78 is 10.4. The number of aliphatic imine (C=N–C) groups is 1. The standard InChI is InChI=1S/C20H35N5O2.HI/c1-5-21-20(22-10-11-23(2)16-17-26-3)25-14-12-24(13-15-25)18-6-8-19(27-4)9-7-18;/h6-9H,5,10-17H2,1-4H3,(H,21,22);1H. The monoisotopic (exact) mass is 505 g/mol. The van der Waals surface area contributed by atoms with Crippen LogP contribution in [0, 0.1) is 0 Å². The number of nitrogens with zero attached hydrogens (tertiary/aromatic N) is 4. The molecule has 0 aromatic heterocycles. The minimum absolute atomic E-state index is 0. The molecule has 1 N–H and O–H groups in total. The summed E-state index contributed by atoms with van der Waals surface area (Å²) in [6.07, 6.45) is 0. The number of likely N-dealkylation sites (N-methyl/N-ethyl adjacent to an activating group) is 1. The zero-order chi connectivity index (χ0) is 19.5. The molecule has 1 aliphatic heterocycles. The van der Waals surface area contributed by atoms with E-state index in [0.29, 0.717) is 0 Å². The van der Waals surface area contributed by atoms with E-state index in [0.717, 1.165) is 70.7 Å². The number of hydrogen-bond donors (Lipinski definition) is 1. The van der Waals surface area contributed by atoms with Gasteiger partial charge in [0.2, 0.25) is 0 Å². The van der Waals surface area contributed by atoms with E-state index in [-0.39, 0.29) is 24.0 Å². The van der Waals surface area contributed by atoms with E-state index in [4.69, 9.17) is 14.5 Å². The molecule has 1 aromatic carbocycles. The maximum absolute atomic E-state index is 5.25. The molecule has 0 unspecified atom stereocenters. The van der Waals surface area contributed by atoms with Crippen LogP contribution in [0.5, 0.6) is 5.75 Å². The first-order valence-electron chi connectivity index (χ1n) is 9.77. The summed E-state index contributed by atoms with van der Waals surface area (Å²) in [5.74, 6) is 1.92. The summed E-state index contributed by atoms with van der Waals surface area (Å²) in [6, 6.07) is 8.30. The van der Waals surface area contributed by atoms with Crippen LogP contribution in [0.3, 0.4) is 0 Å². The van der Waals surface area contributed by atoms with Gasteiger partial charge in [-0.25, -0.2) is 0 Å². The average molecular weight is 505 g/mol. The third kappa shape index (κ3) is 8.00. The highest BCUT2D eigenvalue weighted by Crippen LogP contribution is 2.20. The Balaban J connectivity index is 0.00000392. The minimum atomic E-state index is 0. The number of piperazine rings is 1. The molecular weight excluding hydrogens is 469 g/mol. The lowest BCUT2D eigenvalue weighted by molar-refractivity contribution is 0.163. The number of halogens is 1. The van der Waals surface area contributed by atoms with Crippen molar-refractivity contribution in [2.45, 2.75) is 6.92 Å². The molecule has 28 heavy (non-hydrogen) atoms. The van der Waals surface area contributed by atoms with E-state index in [1.54, 1.807) is 14.2 Å². The molecule has 1 aromatic rings. The van der Waals surface area contributed by atoms with Crippen LogP contribution in [0.15, 0.2) is 29.3 Å². The zero-order valence-electron chi connectivity index (χ0n) is 17.7. The Hall–Kier alpha value is -1.26. The molecule has 2 rings (SSSR count). The van der Waals surface area contributed by atoms with Crippen molar-refractivity contribution in [2.24, 2.45) is 4.99 Å². The maximum atomic E-state index is 5.25. The van der Waals surface area contributed by atoms with Gasteiger partial charge in [0.1, 0.15) is 5.75 Å². The van der Waals surface area contributed by atoms with Crippen molar-refractivity contribution in [3.05, 3.63) is 24.3 Å². The molecule has 8 heteroatoms. The van der Waals surface area contributed by atoms with Gasteiger partial charge < -0.3 is 29.5 Å². The fraction of sp³-hybridized carbons (Fsp3) is 0.650. The van der Waals surface area contributed by atoms with Crippen LogP contribution in [-0.2, 0) is 4.74 Å². The van der Waals surface area contributed by atoms with Gasteiger partial charge >= 0.3 is 0 Å². The number of rotatable bonds is 9. The van der Waals surface area contributed by atoms with Crippen molar-refractivity contribution in [1.29, 1.82) is 0 Å². The van der Waals surface area contributed by atoms with Gasteiger partial charge in [0.05, 0.1) is 20.3 Å². The van der Waals surface area contributed by atoms with Crippen molar-refractivity contribution in [3.63, 3.8) is 0 Å². The summed E-state index contributed by atoms with van der Waals surface area (Å²) in [5.41, 5.74) is 1.25. The van der Waals surface area contributed by atoms with Crippen LogP contribution in [0.4, 0.5) is 5.69 Å². The quantitative estimate of drug-likeness (QED) is 0.315. The molecule has 0 atom stereocenters. The Morgan fingerprint density at radius 1 is 1.11 bits per heavy atom. The first kappa shape index (κ1) is 24.8. The molecule has 0 spiro atoms. The highest BCUT2D eigenvalue weighted by atomic mass is 127. The lowest BCUT2D eigenvalue weighted by Gasteiger charge is -2.37. The summed E-state index contributed by atoms with van der Waals surface area (Å²) in [5, 5.41) is 3.44. The smallest absolute Gasteiger partial charge is 0.194 e. The van der Waals surface area contributed by atoms with Crippen LogP contribution >= 0.6 is 24.0 Å². The highest BCUT2D eigenvalue weighted by molar-refractivity contribution is 14.0. The van der Waals surface area contributed by atoms with Gasteiger partial charge in [-0.2, -0.15) is 0 Å². The van der Waals surface area contributed by atoms with E-state index in [1.165, 1.54) is 5.69 Å². The molecule has 0 bridgehead atoms. The number of ether oxygens (including phenoxy) is 2. The predicted octanol–water partition coefficient (Wildman–Crippen LogP) is 1.98. The second kappa shape index (κ2) is 13.8. The van der Waals surface area contributed by atoms with Gasteiger partial charge in [-0.1, -0.05) is 0 Å². The molecule has 1 saturated heterocycles. The molecule has 0 aliphatic carbocycles. The molecule has 1 fully saturated rings. The predicted molar refractivity (Wildman–Crippen MR) is 128 cm³/mol. The fourth-order valence-corrected chi connectivity index (χ4v) is 3.08. The van der Waals surface area contributed by atoms with Crippen molar-refractivity contribution >= 4 is 35.6 Å². The lowest BCUT2D eigenvalue weighted by Crippen LogP contribution is -2.52. The second-order valence-electron chi connectivity index (χ2n) is 6.70. The summed E-state index contributed by atoms with van der Waals surface area (Å²) >= 11 is 0. The molecule has 7 nitrogen and oxygen atoms in total. The van der Waals surface area contributed by atoms with Crippen LogP contribution in [-0.4, -0.2) is 96.0 Å². The normalized spacial score (nSPS) is 14.8. The van der Waals surface area contributed by atoms with E-state index < -0.39 is 0 Å². The largest absolute Gasteiger partial charge is 0.497 e. The molecule has 0 amide bonds. The molecule has 160 valence electrons. The third-order valence-electron chi connectivity index (χ3n) is 4.77. The molecule has 0 radical (unpaired) electrons. The molecule has 0 saturated carbocycles. The third-order valence-corrected chi connectivity index (χ3v) is 4.77. The summed E-state index contributed by atoms with van der Waals surface area (Å²) in [4.78, 5) is 11.8. The van der Waals surface area contributed by atoms with Gasteiger partial charge in [0, 0.05) is 58.6 Å². The van der Waals surface area contributed by atoms with Gasteiger partial charge in [0.15, 0.2) is 5.96 Å². The van der Waals surface area contributed by atoms with Crippen LogP contribution in [0.25, 0.3) is 0 Å². The Morgan fingerprint density at radius 3 is 2.36 bits per heavy atom. The second-order valence-corrected chi connectivity index (χ2v) is 6.70. The van der Waals surface area contributed by atoms with E-state index in [9.17, 15) is 0 Å². The number of hydrogen-bond acceptors (Lipinski definition) is 5. The lowest BCUT2D eigenvalue weighted by atomic mass is 10.2. The van der Waals surface area contributed by atoms with Crippen LogP contribution < -0.4 is 15.0 Å². The first-order chi connectivity index (χ1) is 13.2. The van der Waals surface area contributed by atoms with Gasteiger partial charge in [-0.05, 0) is 38.2 Å². The minimum Gasteiger partial charge on any atom is -0.497 e. The number of benzene rings is 1. The average Bonchev–Trinajstić information content (AvgIpc) is 2.72. The Bertz CT molecular complexity index is 562. The highest BCUT2D eigenvalue weighted by Gasteiger charge is 2.19. The maximum Gasteiger partial charge on any atom is 0.194 e. The summed E-state index contributed by atoms with van der Waals surface area (Å²) in [6.45, 7) is 10.3. The van der Waals surface area contributed by atoms with Gasteiger partial charge in [-0.15, -0.1) is 24.0 Å². The van der Waals surface area contributed by atoms with Crippen LogP contribution in [0.1, 0.15) is 6.92 Å². The number of methoxy groups -OCH3 is 2. The fourth-order valence-electron chi connectivity index (χ4n) is 3.08. The Labute approximate surface area is 187 Å². The summed E-state index contributed by atoms with van der Waals surface area (Å²) in [7, 11) is 5.54. The van der Waals surface area contributed by atoms with Gasteiger partial charge in [0.25, 0.3) is 0 Å². The van der Waals surface area contributed by atoms with Crippen LogP contribution in [0.2, 0.25) is 0 Å². The molecule has 1 aliphatic rings. The number of anilines is 1. The van der Waals surface area contributed by atoms with Crippen molar-refractivity contribution in [2.75, 3.05) is 85.1 Å². The zero-order valence-corrected chi connectivity index (χ0v) is 20.0. The number of nitrogens with one attached hydrogen (secondary N) is 1. The van der Waals surface area contributed by atoms with E-state index in [2.05, 4.69) is 46.1 Å². The van der Waals surface area contributed by atoms with Crippen molar-refractivity contribution in [3.8, 4) is 5.75 Å². The molecule has 1 heterocycles.